The van der Waals surface area contributed by atoms with Crippen molar-refractivity contribution in [2.75, 3.05) is 25.6 Å². The molecule has 0 radical (unpaired) electrons. The zero-order chi connectivity index (χ0) is 17.8. The smallest absolute Gasteiger partial charge is 0.257 e. The summed E-state index contributed by atoms with van der Waals surface area (Å²) in [5.74, 6) is 0.837. The zero-order valence-corrected chi connectivity index (χ0v) is 14.9. The number of hydrogen-bond donors (Lipinski definition) is 1. The fourth-order valence-corrected chi connectivity index (χ4v) is 2.98. The maximum absolute atomic E-state index is 12.9. The first-order valence-corrected chi connectivity index (χ1v) is 8.52. The number of carbonyl (C=O) groups excluding carboxylic acids is 1. The Hall–Kier alpha value is -2.53. The molecule has 0 saturated heterocycles. The van der Waals surface area contributed by atoms with Crippen molar-refractivity contribution in [2.24, 2.45) is 0 Å². The highest BCUT2D eigenvalue weighted by molar-refractivity contribution is 6.01. The molecule has 0 fully saturated rings. The molecule has 1 amide bonds. The van der Waals surface area contributed by atoms with Gasteiger partial charge in [-0.15, -0.1) is 0 Å². The molecule has 1 aliphatic heterocycles. The molecule has 132 valence electrons. The predicted octanol–water partition coefficient (Wildman–Crippen LogP) is 3.69. The van der Waals surface area contributed by atoms with E-state index in [1.54, 1.807) is 7.11 Å². The molecule has 25 heavy (non-hydrogen) atoms. The Morgan fingerprint density at radius 1 is 1.12 bits per heavy atom. The minimum atomic E-state index is -0.231. The molecule has 5 nitrogen and oxygen atoms in total. The van der Waals surface area contributed by atoms with E-state index < -0.39 is 0 Å². The van der Waals surface area contributed by atoms with Gasteiger partial charge in [0.25, 0.3) is 5.91 Å². The van der Waals surface area contributed by atoms with Gasteiger partial charge in [-0.3, -0.25) is 4.79 Å². The van der Waals surface area contributed by atoms with Crippen LogP contribution in [0.25, 0.3) is 0 Å². The van der Waals surface area contributed by atoms with Crippen LogP contribution in [-0.4, -0.2) is 37.2 Å². The van der Waals surface area contributed by atoms with Gasteiger partial charge in [-0.2, -0.15) is 0 Å². The van der Waals surface area contributed by atoms with Crippen molar-refractivity contribution in [3.63, 3.8) is 0 Å². The normalized spacial score (nSPS) is 16.6. The van der Waals surface area contributed by atoms with Crippen molar-refractivity contribution in [3.8, 4) is 5.75 Å². The van der Waals surface area contributed by atoms with Crippen LogP contribution in [0.2, 0.25) is 0 Å². The Morgan fingerprint density at radius 3 is 2.52 bits per heavy atom. The predicted molar refractivity (Wildman–Crippen MR) is 97.9 cm³/mol. The second-order valence-electron chi connectivity index (χ2n) is 6.32. The summed E-state index contributed by atoms with van der Waals surface area (Å²) in [5.41, 5.74) is 2.55. The van der Waals surface area contributed by atoms with Crippen LogP contribution < -0.4 is 10.1 Å². The standard InChI is InChI=1S/C20H24N2O3/c1-14(2)25-16-10-8-15(9-11-16)19-21-18-7-5-4-6-17(18)20(23)22(19)12-13-24-3/h4-11,14,19,21H,12-13H2,1-3H3. The average Bonchev–Trinajstić information content (AvgIpc) is 2.61. The van der Waals surface area contributed by atoms with Gasteiger partial charge in [0.1, 0.15) is 11.9 Å². The van der Waals surface area contributed by atoms with Crippen molar-refractivity contribution in [1.82, 2.24) is 4.90 Å². The summed E-state index contributed by atoms with van der Waals surface area (Å²) in [6, 6.07) is 15.5. The lowest BCUT2D eigenvalue weighted by Crippen LogP contribution is -2.44. The van der Waals surface area contributed by atoms with E-state index in [0.717, 1.165) is 17.0 Å². The summed E-state index contributed by atoms with van der Waals surface area (Å²) in [6.07, 6.45) is -0.101. The number of anilines is 1. The number of carbonyl (C=O) groups is 1. The number of rotatable bonds is 6. The lowest BCUT2D eigenvalue weighted by Gasteiger charge is -2.38. The third-order valence-electron chi connectivity index (χ3n) is 4.13. The maximum Gasteiger partial charge on any atom is 0.257 e. The van der Waals surface area contributed by atoms with Crippen molar-refractivity contribution in [1.29, 1.82) is 0 Å². The van der Waals surface area contributed by atoms with Crippen LogP contribution in [0.4, 0.5) is 5.69 Å². The zero-order valence-electron chi connectivity index (χ0n) is 14.9. The number of ether oxygens (including phenoxy) is 2. The van der Waals surface area contributed by atoms with E-state index in [0.29, 0.717) is 18.7 Å². The number of para-hydroxylation sites is 1. The second-order valence-corrected chi connectivity index (χ2v) is 6.32. The van der Waals surface area contributed by atoms with E-state index in [2.05, 4.69) is 5.32 Å². The topological polar surface area (TPSA) is 50.8 Å². The molecule has 1 aliphatic rings. The Bertz CT molecular complexity index is 728. The van der Waals surface area contributed by atoms with Gasteiger partial charge in [-0.25, -0.2) is 0 Å². The van der Waals surface area contributed by atoms with E-state index in [1.165, 1.54) is 0 Å². The van der Waals surface area contributed by atoms with E-state index in [-0.39, 0.29) is 18.2 Å². The molecule has 1 heterocycles. The van der Waals surface area contributed by atoms with Gasteiger partial charge >= 0.3 is 0 Å². The Balaban J connectivity index is 1.90. The monoisotopic (exact) mass is 340 g/mol. The fraction of sp³-hybridized carbons (Fsp3) is 0.350. The highest BCUT2D eigenvalue weighted by atomic mass is 16.5. The van der Waals surface area contributed by atoms with Crippen LogP contribution in [0.5, 0.6) is 5.75 Å². The number of methoxy groups -OCH3 is 1. The quantitative estimate of drug-likeness (QED) is 0.871. The number of fused-ring (bicyclic) bond motifs is 1. The minimum Gasteiger partial charge on any atom is -0.491 e. The number of benzene rings is 2. The first kappa shape index (κ1) is 17.3. The molecule has 2 aromatic carbocycles. The molecular formula is C20H24N2O3. The van der Waals surface area contributed by atoms with Gasteiger partial charge in [0, 0.05) is 19.3 Å². The van der Waals surface area contributed by atoms with Crippen molar-refractivity contribution >= 4 is 11.6 Å². The number of nitrogens with one attached hydrogen (secondary N) is 1. The molecule has 1 unspecified atom stereocenters. The molecule has 5 heteroatoms. The molecule has 1 N–H and O–H groups in total. The highest BCUT2D eigenvalue weighted by Crippen LogP contribution is 2.33. The van der Waals surface area contributed by atoms with Crippen LogP contribution in [0.15, 0.2) is 48.5 Å². The molecular weight excluding hydrogens is 316 g/mol. The van der Waals surface area contributed by atoms with Crippen LogP contribution >= 0.6 is 0 Å². The second kappa shape index (κ2) is 7.57. The van der Waals surface area contributed by atoms with Gasteiger partial charge in [0.2, 0.25) is 0 Å². The average molecular weight is 340 g/mol. The summed E-state index contributed by atoms with van der Waals surface area (Å²) < 4.78 is 10.9. The van der Waals surface area contributed by atoms with Gasteiger partial charge in [-0.05, 0) is 43.7 Å². The molecule has 0 aromatic heterocycles. The summed E-state index contributed by atoms with van der Waals surface area (Å²) in [7, 11) is 1.64. The first-order valence-electron chi connectivity index (χ1n) is 8.52. The van der Waals surface area contributed by atoms with Crippen LogP contribution in [-0.2, 0) is 4.74 Å². The van der Waals surface area contributed by atoms with Crippen molar-refractivity contribution in [2.45, 2.75) is 26.1 Å². The lowest BCUT2D eigenvalue weighted by atomic mass is 10.0. The van der Waals surface area contributed by atoms with Crippen LogP contribution in [0, 0.1) is 0 Å². The third-order valence-corrected chi connectivity index (χ3v) is 4.13. The molecule has 2 aromatic rings. The summed E-state index contributed by atoms with van der Waals surface area (Å²) in [6.45, 7) is 5.00. The van der Waals surface area contributed by atoms with Gasteiger partial charge < -0.3 is 19.7 Å². The largest absolute Gasteiger partial charge is 0.491 e. The number of hydrogen-bond acceptors (Lipinski definition) is 4. The van der Waals surface area contributed by atoms with Crippen LogP contribution in [0.3, 0.4) is 0 Å². The van der Waals surface area contributed by atoms with E-state index in [4.69, 9.17) is 9.47 Å². The molecule has 1 atom stereocenters. The first-order chi connectivity index (χ1) is 12.1. The Labute approximate surface area is 148 Å². The third kappa shape index (κ3) is 3.77. The Morgan fingerprint density at radius 2 is 1.84 bits per heavy atom. The number of nitrogens with zero attached hydrogens (tertiary/aromatic N) is 1. The Kier molecular flexibility index (Phi) is 5.24. The van der Waals surface area contributed by atoms with E-state index in [1.807, 2.05) is 67.3 Å². The maximum atomic E-state index is 12.9. The SMILES string of the molecule is COCCN1C(=O)c2ccccc2NC1c1ccc(OC(C)C)cc1. The summed E-state index contributed by atoms with van der Waals surface area (Å²) in [5, 5.41) is 3.47. The molecule has 0 saturated carbocycles. The molecule has 0 bridgehead atoms. The summed E-state index contributed by atoms with van der Waals surface area (Å²) in [4.78, 5) is 14.7. The van der Waals surface area contributed by atoms with Gasteiger partial charge in [-0.1, -0.05) is 24.3 Å². The van der Waals surface area contributed by atoms with Crippen molar-refractivity contribution in [3.05, 3.63) is 59.7 Å². The van der Waals surface area contributed by atoms with Gasteiger partial charge in [0.15, 0.2) is 0 Å². The van der Waals surface area contributed by atoms with Gasteiger partial charge in [0.05, 0.1) is 18.3 Å². The highest BCUT2D eigenvalue weighted by Gasteiger charge is 2.32. The van der Waals surface area contributed by atoms with Crippen molar-refractivity contribution < 1.29 is 14.3 Å². The van der Waals surface area contributed by atoms with E-state index >= 15 is 0 Å². The van der Waals surface area contributed by atoms with Crippen LogP contribution in [0.1, 0.15) is 35.9 Å². The molecule has 3 rings (SSSR count). The minimum absolute atomic E-state index is 0.0129. The molecule has 0 spiro atoms. The summed E-state index contributed by atoms with van der Waals surface area (Å²) >= 11 is 0. The fourth-order valence-electron chi connectivity index (χ4n) is 2.98. The van der Waals surface area contributed by atoms with E-state index in [9.17, 15) is 4.79 Å². The molecule has 0 aliphatic carbocycles. The lowest BCUT2D eigenvalue weighted by molar-refractivity contribution is 0.0609. The number of amides is 1.